The van der Waals surface area contributed by atoms with E-state index in [1.807, 2.05) is 19.9 Å². The summed E-state index contributed by atoms with van der Waals surface area (Å²) in [5, 5.41) is 0. The van der Waals surface area contributed by atoms with Gasteiger partial charge in [0.25, 0.3) is 0 Å². The third kappa shape index (κ3) is 4.21. The van der Waals surface area contributed by atoms with Gasteiger partial charge >= 0.3 is 0 Å². The summed E-state index contributed by atoms with van der Waals surface area (Å²) in [6.07, 6.45) is 3.65. The molecular weight excluding hydrogens is 322 g/mol. The molecule has 0 aliphatic carbocycles. The van der Waals surface area contributed by atoms with E-state index in [9.17, 15) is 0 Å². The minimum absolute atomic E-state index is 0.653. The first kappa shape index (κ1) is 18.8. The molecule has 140 valence electrons. The van der Waals surface area contributed by atoms with Crippen molar-refractivity contribution in [2.24, 2.45) is 0 Å². The fourth-order valence-corrected chi connectivity index (χ4v) is 3.72. The summed E-state index contributed by atoms with van der Waals surface area (Å²) < 4.78 is 11.6. The number of nitrogens with zero attached hydrogens (tertiary/aromatic N) is 1. The normalized spacial score (nSPS) is 14.1. The maximum Gasteiger partial charge on any atom is 0.130 e. The molecule has 0 spiro atoms. The number of benzene rings is 2. The van der Waals surface area contributed by atoms with Crippen molar-refractivity contribution in [3.63, 3.8) is 0 Å². The van der Waals surface area contributed by atoms with Crippen LogP contribution in [0.1, 0.15) is 44.7 Å². The van der Waals surface area contributed by atoms with Crippen molar-refractivity contribution in [1.29, 1.82) is 0 Å². The summed E-state index contributed by atoms with van der Waals surface area (Å²) in [6, 6.07) is 12.9. The highest BCUT2D eigenvalue weighted by Crippen LogP contribution is 2.38. The minimum Gasteiger partial charge on any atom is -0.494 e. The van der Waals surface area contributed by atoms with Gasteiger partial charge in [-0.3, -0.25) is 4.90 Å². The Bertz CT molecular complexity index is 726. The highest BCUT2D eigenvalue weighted by atomic mass is 16.5. The highest BCUT2D eigenvalue weighted by molar-refractivity contribution is 5.75. The molecule has 1 heterocycles. The summed E-state index contributed by atoms with van der Waals surface area (Å²) in [7, 11) is 0. The van der Waals surface area contributed by atoms with Crippen molar-refractivity contribution >= 4 is 0 Å². The lowest BCUT2D eigenvalue weighted by molar-refractivity contribution is 0.250. The molecule has 2 aromatic rings. The molecule has 0 radical (unpaired) electrons. The standard InChI is InChI=1S/C23H31NO2/c1-4-7-14-24-15-13-18-9-8-10-20(22(18)17-24)21-12-11-19(25-5-2)16-23(21)26-6-3/h8-12,16H,4-7,13-15,17H2,1-3H3. The Balaban J connectivity index is 1.97. The van der Waals surface area contributed by atoms with Crippen LogP contribution in [0, 0.1) is 0 Å². The lowest BCUT2D eigenvalue weighted by Crippen LogP contribution is -2.31. The Hall–Kier alpha value is -2.00. The fourth-order valence-electron chi connectivity index (χ4n) is 3.72. The van der Waals surface area contributed by atoms with Gasteiger partial charge in [-0.2, -0.15) is 0 Å². The summed E-state index contributed by atoms with van der Waals surface area (Å²) in [4.78, 5) is 2.59. The van der Waals surface area contributed by atoms with E-state index in [1.54, 1.807) is 0 Å². The van der Waals surface area contributed by atoms with Crippen LogP contribution in [0.5, 0.6) is 11.5 Å². The SMILES string of the molecule is CCCCN1CCc2cccc(-c3ccc(OCC)cc3OCC)c2C1. The van der Waals surface area contributed by atoms with E-state index in [-0.39, 0.29) is 0 Å². The first-order valence-corrected chi connectivity index (χ1v) is 9.99. The van der Waals surface area contributed by atoms with Gasteiger partial charge in [0.15, 0.2) is 0 Å². The molecule has 0 N–H and O–H groups in total. The third-order valence-corrected chi connectivity index (χ3v) is 5.03. The van der Waals surface area contributed by atoms with Crippen molar-refractivity contribution in [1.82, 2.24) is 4.90 Å². The van der Waals surface area contributed by atoms with Gasteiger partial charge in [0.2, 0.25) is 0 Å². The summed E-state index contributed by atoms with van der Waals surface area (Å²) in [5.41, 5.74) is 5.41. The Morgan fingerprint density at radius 1 is 0.962 bits per heavy atom. The Morgan fingerprint density at radius 2 is 1.81 bits per heavy atom. The van der Waals surface area contributed by atoms with E-state index >= 15 is 0 Å². The third-order valence-electron chi connectivity index (χ3n) is 5.03. The Labute approximate surface area is 157 Å². The molecule has 0 saturated heterocycles. The highest BCUT2D eigenvalue weighted by Gasteiger charge is 2.21. The van der Waals surface area contributed by atoms with Crippen LogP contribution in [-0.2, 0) is 13.0 Å². The van der Waals surface area contributed by atoms with Crippen LogP contribution in [0.3, 0.4) is 0 Å². The van der Waals surface area contributed by atoms with E-state index < -0.39 is 0 Å². The van der Waals surface area contributed by atoms with Crippen molar-refractivity contribution in [3.8, 4) is 22.6 Å². The maximum atomic E-state index is 5.97. The van der Waals surface area contributed by atoms with E-state index in [4.69, 9.17) is 9.47 Å². The zero-order valence-corrected chi connectivity index (χ0v) is 16.4. The number of hydrogen-bond donors (Lipinski definition) is 0. The lowest BCUT2D eigenvalue weighted by atomic mass is 9.90. The first-order valence-electron chi connectivity index (χ1n) is 9.99. The molecule has 0 bridgehead atoms. The van der Waals surface area contributed by atoms with Gasteiger partial charge in [0, 0.05) is 24.7 Å². The number of ether oxygens (including phenoxy) is 2. The number of fused-ring (bicyclic) bond motifs is 1. The van der Waals surface area contributed by atoms with Crippen LogP contribution in [0.4, 0.5) is 0 Å². The van der Waals surface area contributed by atoms with Gasteiger partial charge in [-0.1, -0.05) is 31.5 Å². The monoisotopic (exact) mass is 353 g/mol. The maximum absolute atomic E-state index is 5.97. The van der Waals surface area contributed by atoms with Crippen LogP contribution in [0.25, 0.3) is 11.1 Å². The molecule has 1 aliphatic rings. The first-order chi connectivity index (χ1) is 12.8. The molecule has 3 heteroatoms. The lowest BCUT2D eigenvalue weighted by Gasteiger charge is -2.30. The predicted octanol–water partition coefficient (Wildman–Crippen LogP) is 5.31. The van der Waals surface area contributed by atoms with Crippen molar-refractivity contribution in [2.45, 2.75) is 46.6 Å². The molecule has 26 heavy (non-hydrogen) atoms. The van der Waals surface area contributed by atoms with Gasteiger partial charge in [0.05, 0.1) is 13.2 Å². The van der Waals surface area contributed by atoms with Gasteiger partial charge in [0.1, 0.15) is 11.5 Å². The quantitative estimate of drug-likeness (QED) is 0.642. The minimum atomic E-state index is 0.653. The molecule has 0 fully saturated rings. The molecular formula is C23H31NO2. The second-order valence-electron chi connectivity index (χ2n) is 6.85. The molecule has 0 atom stereocenters. The van der Waals surface area contributed by atoms with Gasteiger partial charge in [-0.25, -0.2) is 0 Å². The summed E-state index contributed by atoms with van der Waals surface area (Å²) in [6.45, 7) is 11.0. The fraction of sp³-hybridized carbons (Fsp3) is 0.478. The number of unbranched alkanes of at least 4 members (excludes halogenated alkanes) is 1. The molecule has 3 nitrogen and oxygen atoms in total. The molecule has 2 aromatic carbocycles. The second kappa shape index (κ2) is 9.09. The zero-order valence-electron chi connectivity index (χ0n) is 16.4. The van der Waals surface area contributed by atoms with Crippen LogP contribution in [0.2, 0.25) is 0 Å². The van der Waals surface area contributed by atoms with Crippen LogP contribution in [-0.4, -0.2) is 31.2 Å². The Kier molecular flexibility index (Phi) is 6.56. The van der Waals surface area contributed by atoms with E-state index in [1.165, 1.54) is 41.6 Å². The summed E-state index contributed by atoms with van der Waals surface area (Å²) >= 11 is 0. The van der Waals surface area contributed by atoms with Crippen molar-refractivity contribution in [3.05, 3.63) is 47.5 Å². The summed E-state index contributed by atoms with van der Waals surface area (Å²) in [5.74, 6) is 1.78. The number of hydrogen-bond acceptors (Lipinski definition) is 3. The van der Waals surface area contributed by atoms with Crippen molar-refractivity contribution in [2.75, 3.05) is 26.3 Å². The number of rotatable bonds is 8. The van der Waals surface area contributed by atoms with E-state index in [0.717, 1.165) is 31.0 Å². The molecule has 0 unspecified atom stereocenters. The predicted molar refractivity (Wildman–Crippen MR) is 108 cm³/mol. The molecule has 0 saturated carbocycles. The van der Waals surface area contributed by atoms with Crippen LogP contribution < -0.4 is 9.47 Å². The van der Waals surface area contributed by atoms with Crippen LogP contribution >= 0.6 is 0 Å². The molecule has 0 aromatic heterocycles. The van der Waals surface area contributed by atoms with Gasteiger partial charge < -0.3 is 9.47 Å². The zero-order chi connectivity index (χ0) is 18.4. The van der Waals surface area contributed by atoms with Crippen LogP contribution in [0.15, 0.2) is 36.4 Å². The molecule has 3 rings (SSSR count). The average Bonchev–Trinajstić information content (AvgIpc) is 2.67. The topological polar surface area (TPSA) is 21.7 Å². The second-order valence-corrected chi connectivity index (χ2v) is 6.85. The van der Waals surface area contributed by atoms with Gasteiger partial charge in [-0.15, -0.1) is 0 Å². The van der Waals surface area contributed by atoms with E-state index in [2.05, 4.69) is 42.2 Å². The Morgan fingerprint density at radius 3 is 2.58 bits per heavy atom. The van der Waals surface area contributed by atoms with Crippen molar-refractivity contribution < 1.29 is 9.47 Å². The largest absolute Gasteiger partial charge is 0.494 e. The molecule has 1 aliphatic heterocycles. The van der Waals surface area contributed by atoms with Gasteiger partial charge in [-0.05, 0) is 62.1 Å². The average molecular weight is 354 g/mol. The van der Waals surface area contributed by atoms with E-state index in [0.29, 0.717) is 13.2 Å². The molecule has 0 amide bonds. The smallest absolute Gasteiger partial charge is 0.130 e.